The molecule has 7 nitrogen and oxygen atoms in total. The minimum absolute atomic E-state index is 0.0472. The van der Waals surface area contributed by atoms with Crippen LogP contribution in [0.1, 0.15) is 42.6 Å². The molecule has 0 fully saturated rings. The fraction of sp³-hybridized carbons (Fsp3) is 0.250. The van der Waals surface area contributed by atoms with Gasteiger partial charge in [-0.2, -0.15) is 0 Å². The molecule has 0 radical (unpaired) electrons. The molecule has 0 saturated carbocycles. The van der Waals surface area contributed by atoms with Gasteiger partial charge < -0.3 is 21.3 Å². The first-order chi connectivity index (χ1) is 16.9. The van der Waals surface area contributed by atoms with Crippen LogP contribution in [-0.4, -0.2) is 30.3 Å². The highest BCUT2D eigenvalue weighted by Crippen LogP contribution is 2.15. The number of hydrogen-bond acceptors (Lipinski definition) is 4. The van der Waals surface area contributed by atoms with Gasteiger partial charge in [0.25, 0.3) is 5.91 Å². The number of amides is 3. The Morgan fingerprint density at radius 2 is 1.46 bits per heavy atom. The summed E-state index contributed by atoms with van der Waals surface area (Å²) in [6.45, 7) is 4.01. The Morgan fingerprint density at radius 3 is 2.17 bits per heavy atom. The van der Waals surface area contributed by atoms with E-state index in [4.69, 9.17) is 0 Å². The molecule has 7 heteroatoms. The van der Waals surface area contributed by atoms with E-state index in [1.54, 1.807) is 48.5 Å². The fourth-order valence-corrected chi connectivity index (χ4v) is 3.33. The summed E-state index contributed by atoms with van der Waals surface area (Å²) in [6, 6.07) is 24.0. The van der Waals surface area contributed by atoms with Gasteiger partial charge in [0.15, 0.2) is 0 Å². The molecule has 3 amide bonds. The van der Waals surface area contributed by atoms with Crippen LogP contribution in [0.3, 0.4) is 0 Å². The largest absolute Gasteiger partial charge is 0.376 e. The Bertz CT molecular complexity index is 1130. The molecule has 0 bridgehead atoms. The zero-order chi connectivity index (χ0) is 25.0. The van der Waals surface area contributed by atoms with Crippen molar-refractivity contribution in [1.82, 2.24) is 5.32 Å². The van der Waals surface area contributed by atoms with Crippen LogP contribution in [0, 0.1) is 0 Å². The second-order valence-corrected chi connectivity index (χ2v) is 8.38. The average molecular weight is 473 g/mol. The van der Waals surface area contributed by atoms with E-state index in [-0.39, 0.29) is 30.3 Å². The van der Waals surface area contributed by atoms with Crippen LogP contribution in [0.2, 0.25) is 0 Å². The Labute approximate surface area is 206 Å². The summed E-state index contributed by atoms with van der Waals surface area (Å²) in [5.74, 6) is -0.447. The second-order valence-electron chi connectivity index (χ2n) is 8.38. The van der Waals surface area contributed by atoms with Gasteiger partial charge in [0.05, 0.1) is 6.54 Å². The van der Waals surface area contributed by atoms with Crippen molar-refractivity contribution in [3.8, 4) is 0 Å². The third-order valence-corrected chi connectivity index (χ3v) is 5.50. The Morgan fingerprint density at radius 1 is 0.771 bits per heavy atom. The van der Waals surface area contributed by atoms with Crippen LogP contribution in [0.25, 0.3) is 0 Å². The topological polar surface area (TPSA) is 99.3 Å². The third-order valence-electron chi connectivity index (χ3n) is 5.50. The summed E-state index contributed by atoms with van der Waals surface area (Å²) < 4.78 is 0. The predicted octanol–water partition coefficient (Wildman–Crippen LogP) is 4.84. The van der Waals surface area contributed by atoms with E-state index in [2.05, 4.69) is 21.3 Å². The molecule has 3 aromatic carbocycles. The summed E-state index contributed by atoms with van der Waals surface area (Å²) in [4.78, 5) is 36.8. The standard InChI is InChI=1S/C28H32N4O3/c1-3-20(2)30-28(35)22-10-7-11-25(18-22)32-27(34)19-29-23-13-15-24(16-14-23)31-26(33)17-12-21-8-5-4-6-9-21/h4-11,13-16,18,20,29H,3,12,17,19H2,1-2H3,(H,30,35)(H,31,33)(H,32,34). The molecule has 4 N–H and O–H groups in total. The van der Waals surface area contributed by atoms with Gasteiger partial charge >= 0.3 is 0 Å². The normalized spacial score (nSPS) is 11.3. The monoisotopic (exact) mass is 472 g/mol. The molecule has 3 rings (SSSR count). The van der Waals surface area contributed by atoms with Gasteiger partial charge in [-0.25, -0.2) is 0 Å². The molecule has 1 atom stereocenters. The van der Waals surface area contributed by atoms with Crippen molar-refractivity contribution in [2.75, 3.05) is 22.5 Å². The Kier molecular flexibility index (Phi) is 9.42. The smallest absolute Gasteiger partial charge is 0.251 e. The van der Waals surface area contributed by atoms with Gasteiger partial charge in [-0.1, -0.05) is 43.3 Å². The molecular formula is C28H32N4O3. The summed E-state index contributed by atoms with van der Waals surface area (Å²) in [7, 11) is 0. The van der Waals surface area contributed by atoms with Gasteiger partial charge in [-0.05, 0) is 67.8 Å². The van der Waals surface area contributed by atoms with Crippen molar-refractivity contribution in [2.24, 2.45) is 0 Å². The van der Waals surface area contributed by atoms with E-state index in [0.29, 0.717) is 29.8 Å². The van der Waals surface area contributed by atoms with Crippen LogP contribution in [0.15, 0.2) is 78.9 Å². The molecule has 3 aromatic rings. The van der Waals surface area contributed by atoms with Gasteiger partial charge in [0, 0.05) is 35.1 Å². The lowest BCUT2D eigenvalue weighted by atomic mass is 10.1. The van der Waals surface area contributed by atoms with Gasteiger partial charge in [0.1, 0.15) is 0 Å². The van der Waals surface area contributed by atoms with Gasteiger partial charge in [0.2, 0.25) is 11.8 Å². The summed E-state index contributed by atoms with van der Waals surface area (Å²) in [5, 5.41) is 11.7. The number of hydrogen-bond donors (Lipinski definition) is 4. The molecule has 0 heterocycles. The number of rotatable bonds is 11. The zero-order valence-corrected chi connectivity index (χ0v) is 20.1. The highest BCUT2D eigenvalue weighted by atomic mass is 16.2. The first-order valence-electron chi connectivity index (χ1n) is 11.8. The minimum atomic E-state index is -0.234. The maximum Gasteiger partial charge on any atom is 0.251 e. The van der Waals surface area contributed by atoms with Crippen LogP contribution in [-0.2, 0) is 16.0 Å². The van der Waals surface area contributed by atoms with Crippen LogP contribution in [0.5, 0.6) is 0 Å². The molecule has 1 unspecified atom stereocenters. The quantitative estimate of drug-likeness (QED) is 0.321. The van der Waals surface area contributed by atoms with Crippen molar-refractivity contribution in [1.29, 1.82) is 0 Å². The highest BCUT2D eigenvalue weighted by molar-refractivity contribution is 5.98. The van der Waals surface area contributed by atoms with Crippen molar-refractivity contribution >= 4 is 34.8 Å². The lowest BCUT2D eigenvalue weighted by molar-refractivity contribution is -0.116. The molecule has 0 aromatic heterocycles. The minimum Gasteiger partial charge on any atom is -0.376 e. The van der Waals surface area contributed by atoms with E-state index in [0.717, 1.165) is 17.7 Å². The molecule has 0 saturated heterocycles. The maximum absolute atomic E-state index is 12.4. The van der Waals surface area contributed by atoms with Gasteiger partial charge in [-0.3, -0.25) is 14.4 Å². The van der Waals surface area contributed by atoms with Crippen LogP contribution >= 0.6 is 0 Å². The molecule has 0 aliphatic rings. The first-order valence-corrected chi connectivity index (χ1v) is 11.8. The summed E-state index contributed by atoms with van der Waals surface area (Å²) in [6.07, 6.45) is 1.94. The second kappa shape index (κ2) is 12.9. The zero-order valence-electron chi connectivity index (χ0n) is 20.1. The maximum atomic E-state index is 12.4. The van der Waals surface area contributed by atoms with E-state index in [1.807, 2.05) is 44.2 Å². The van der Waals surface area contributed by atoms with Crippen LogP contribution < -0.4 is 21.3 Å². The number of benzene rings is 3. The van der Waals surface area contributed by atoms with Gasteiger partial charge in [-0.15, -0.1) is 0 Å². The molecule has 35 heavy (non-hydrogen) atoms. The summed E-state index contributed by atoms with van der Waals surface area (Å²) >= 11 is 0. The lowest BCUT2D eigenvalue weighted by Crippen LogP contribution is -2.32. The van der Waals surface area contributed by atoms with E-state index < -0.39 is 0 Å². The average Bonchev–Trinajstić information content (AvgIpc) is 2.87. The molecule has 0 spiro atoms. The van der Waals surface area contributed by atoms with Crippen LogP contribution in [0.4, 0.5) is 17.1 Å². The number of carbonyl (C=O) groups is 3. The Balaban J connectivity index is 1.43. The van der Waals surface area contributed by atoms with Crippen molar-refractivity contribution in [3.05, 3.63) is 90.0 Å². The van der Waals surface area contributed by atoms with E-state index in [1.165, 1.54) is 0 Å². The van der Waals surface area contributed by atoms with E-state index in [9.17, 15) is 14.4 Å². The molecule has 0 aliphatic carbocycles. The molecule has 0 aliphatic heterocycles. The SMILES string of the molecule is CCC(C)NC(=O)c1cccc(NC(=O)CNc2ccc(NC(=O)CCc3ccccc3)cc2)c1. The fourth-order valence-electron chi connectivity index (χ4n) is 3.33. The Hall–Kier alpha value is -4.13. The molecular weight excluding hydrogens is 440 g/mol. The molecule has 182 valence electrons. The predicted molar refractivity (Wildman–Crippen MR) is 141 cm³/mol. The van der Waals surface area contributed by atoms with Crippen molar-refractivity contribution in [2.45, 2.75) is 39.2 Å². The number of nitrogens with one attached hydrogen (secondary N) is 4. The number of aryl methyl sites for hydroxylation is 1. The summed E-state index contributed by atoms with van der Waals surface area (Å²) in [5.41, 5.74) is 3.64. The number of anilines is 3. The lowest BCUT2D eigenvalue weighted by Gasteiger charge is -2.13. The third kappa shape index (κ3) is 8.62. The van der Waals surface area contributed by atoms with Crippen molar-refractivity contribution in [3.63, 3.8) is 0 Å². The van der Waals surface area contributed by atoms with E-state index >= 15 is 0 Å². The number of carbonyl (C=O) groups excluding carboxylic acids is 3. The first kappa shape index (κ1) is 25.5. The van der Waals surface area contributed by atoms with Crippen molar-refractivity contribution < 1.29 is 14.4 Å². The highest BCUT2D eigenvalue weighted by Gasteiger charge is 2.10.